The molecule has 0 saturated carbocycles. The molecule has 0 aromatic heterocycles. The second-order valence-corrected chi connectivity index (χ2v) is 12.2. The molecule has 1 N–H and O–H groups in total. The van der Waals surface area contributed by atoms with Gasteiger partial charge in [0.05, 0.1) is 0 Å². The molecule has 1 fully saturated rings. The maximum Gasteiger partial charge on any atom is 0.191 e. The molecular formula is C15H32O4Si. The molecule has 0 spiro atoms. The standard InChI is InChI=1S/C15H32O4Si/c1-12(11-18-20(5,6)15(2,3)4)14(16)19-13-9-7-8-10-17-13/h12-14,16H,7-11H2,1-6H3/t12-,13-,14+/m1/s1. The van der Waals surface area contributed by atoms with Crippen molar-refractivity contribution in [3.8, 4) is 0 Å². The fourth-order valence-corrected chi connectivity index (χ4v) is 2.86. The Morgan fingerprint density at radius 3 is 2.45 bits per heavy atom. The van der Waals surface area contributed by atoms with Gasteiger partial charge in [-0.25, -0.2) is 0 Å². The van der Waals surface area contributed by atoms with Crippen LogP contribution in [0.15, 0.2) is 0 Å². The summed E-state index contributed by atoms with van der Waals surface area (Å²) in [5.74, 6) is -0.0466. The Kier molecular flexibility index (Phi) is 6.66. The molecular weight excluding hydrogens is 272 g/mol. The van der Waals surface area contributed by atoms with E-state index in [9.17, 15) is 5.11 Å². The van der Waals surface area contributed by atoms with E-state index < -0.39 is 14.6 Å². The zero-order chi connectivity index (χ0) is 15.4. The summed E-state index contributed by atoms with van der Waals surface area (Å²) in [7, 11) is -1.76. The Morgan fingerprint density at radius 2 is 1.95 bits per heavy atom. The van der Waals surface area contributed by atoms with Gasteiger partial charge in [-0.05, 0) is 37.4 Å². The van der Waals surface area contributed by atoms with Gasteiger partial charge in [0.15, 0.2) is 20.9 Å². The average Bonchev–Trinajstić information content (AvgIpc) is 2.35. The highest BCUT2D eigenvalue weighted by molar-refractivity contribution is 6.74. The van der Waals surface area contributed by atoms with E-state index in [0.29, 0.717) is 6.61 Å². The van der Waals surface area contributed by atoms with E-state index in [1.165, 1.54) is 0 Å². The van der Waals surface area contributed by atoms with Crippen molar-refractivity contribution in [3.05, 3.63) is 0 Å². The summed E-state index contributed by atoms with van der Waals surface area (Å²) in [5.41, 5.74) is 0. The van der Waals surface area contributed by atoms with E-state index in [1.807, 2.05) is 6.92 Å². The van der Waals surface area contributed by atoms with Crippen LogP contribution in [-0.2, 0) is 13.9 Å². The molecule has 0 aromatic rings. The van der Waals surface area contributed by atoms with Gasteiger partial charge in [-0.15, -0.1) is 0 Å². The molecule has 0 unspecified atom stereocenters. The van der Waals surface area contributed by atoms with Crippen LogP contribution in [0, 0.1) is 5.92 Å². The van der Waals surface area contributed by atoms with Crippen LogP contribution in [0.4, 0.5) is 0 Å². The molecule has 0 aliphatic carbocycles. The Morgan fingerprint density at radius 1 is 1.30 bits per heavy atom. The summed E-state index contributed by atoms with van der Waals surface area (Å²) in [6, 6.07) is 0. The number of aliphatic hydroxyl groups excluding tert-OH is 1. The Balaban J connectivity index is 2.36. The topological polar surface area (TPSA) is 47.9 Å². The summed E-state index contributed by atoms with van der Waals surface area (Å²) in [5, 5.41) is 10.3. The number of hydrogen-bond acceptors (Lipinski definition) is 4. The summed E-state index contributed by atoms with van der Waals surface area (Å²) >= 11 is 0. The van der Waals surface area contributed by atoms with Crippen molar-refractivity contribution in [1.29, 1.82) is 0 Å². The van der Waals surface area contributed by atoms with Crippen molar-refractivity contribution in [2.24, 2.45) is 5.92 Å². The fourth-order valence-electron chi connectivity index (χ4n) is 1.75. The van der Waals surface area contributed by atoms with E-state index in [-0.39, 0.29) is 17.2 Å². The van der Waals surface area contributed by atoms with Crippen molar-refractivity contribution in [3.63, 3.8) is 0 Å². The zero-order valence-electron chi connectivity index (χ0n) is 13.9. The Labute approximate surface area is 124 Å². The lowest BCUT2D eigenvalue weighted by atomic mass is 10.2. The number of ether oxygens (including phenoxy) is 2. The van der Waals surface area contributed by atoms with Crippen LogP contribution >= 0.6 is 0 Å². The van der Waals surface area contributed by atoms with Crippen molar-refractivity contribution in [2.45, 2.75) is 77.7 Å². The third kappa shape index (κ3) is 5.45. The lowest BCUT2D eigenvalue weighted by Gasteiger charge is -2.37. The van der Waals surface area contributed by atoms with Crippen molar-refractivity contribution < 1.29 is 19.0 Å². The molecule has 3 atom stereocenters. The first-order chi connectivity index (χ1) is 9.13. The van der Waals surface area contributed by atoms with E-state index in [1.54, 1.807) is 0 Å². The molecule has 5 heteroatoms. The maximum atomic E-state index is 10.1. The minimum Gasteiger partial charge on any atom is -0.416 e. The minimum atomic E-state index is -1.76. The molecule has 120 valence electrons. The number of rotatable bonds is 6. The van der Waals surface area contributed by atoms with E-state index in [2.05, 4.69) is 33.9 Å². The molecule has 1 rings (SSSR count). The van der Waals surface area contributed by atoms with Crippen LogP contribution in [0.1, 0.15) is 47.0 Å². The quantitative estimate of drug-likeness (QED) is 0.602. The van der Waals surface area contributed by atoms with Crippen LogP contribution < -0.4 is 0 Å². The lowest BCUT2D eigenvalue weighted by Crippen LogP contribution is -2.43. The van der Waals surface area contributed by atoms with Crippen LogP contribution in [0.2, 0.25) is 18.1 Å². The van der Waals surface area contributed by atoms with Gasteiger partial charge in [0, 0.05) is 19.1 Å². The molecule has 1 heterocycles. The summed E-state index contributed by atoms with van der Waals surface area (Å²) in [6.45, 7) is 14.3. The highest BCUT2D eigenvalue weighted by Gasteiger charge is 2.37. The maximum absolute atomic E-state index is 10.1. The van der Waals surface area contributed by atoms with E-state index in [4.69, 9.17) is 13.9 Å². The van der Waals surface area contributed by atoms with Gasteiger partial charge in [0.1, 0.15) is 0 Å². The van der Waals surface area contributed by atoms with Crippen molar-refractivity contribution >= 4 is 8.32 Å². The minimum absolute atomic E-state index is 0.0466. The molecule has 0 aromatic carbocycles. The summed E-state index contributed by atoms with van der Waals surface area (Å²) in [6.07, 6.45) is 1.98. The molecule has 1 aliphatic heterocycles. The predicted octanol–water partition coefficient (Wildman–Crippen LogP) is 3.51. The molecule has 0 radical (unpaired) electrons. The first-order valence-electron chi connectivity index (χ1n) is 7.72. The van der Waals surface area contributed by atoms with Gasteiger partial charge in [-0.1, -0.05) is 27.7 Å². The van der Waals surface area contributed by atoms with E-state index >= 15 is 0 Å². The third-order valence-electron chi connectivity index (χ3n) is 4.43. The molecule has 1 aliphatic rings. The smallest absolute Gasteiger partial charge is 0.191 e. The Hall–Kier alpha value is 0.0569. The lowest BCUT2D eigenvalue weighted by molar-refractivity contribution is -0.255. The molecule has 0 amide bonds. The average molecular weight is 305 g/mol. The second kappa shape index (κ2) is 7.36. The van der Waals surface area contributed by atoms with Gasteiger partial charge < -0.3 is 19.0 Å². The second-order valence-electron chi connectivity index (χ2n) is 7.37. The summed E-state index contributed by atoms with van der Waals surface area (Å²) in [4.78, 5) is 0. The predicted molar refractivity (Wildman–Crippen MR) is 83.0 cm³/mol. The van der Waals surface area contributed by atoms with Crippen LogP contribution in [0.25, 0.3) is 0 Å². The summed E-state index contributed by atoms with van der Waals surface area (Å²) < 4.78 is 17.2. The molecule has 0 bridgehead atoms. The SMILES string of the molecule is C[C@H](CO[Si](C)(C)C(C)(C)C)[C@@H](O)O[C@@H]1CCCCO1. The third-order valence-corrected chi connectivity index (χ3v) is 8.93. The van der Waals surface area contributed by atoms with Gasteiger partial charge in [0.2, 0.25) is 0 Å². The Bertz CT molecular complexity index is 282. The number of aliphatic hydroxyl groups is 1. The van der Waals surface area contributed by atoms with Gasteiger partial charge in [0.25, 0.3) is 0 Å². The first kappa shape index (κ1) is 18.1. The van der Waals surface area contributed by atoms with Gasteiger partial charge >= 0.3 is 0 Å². The highest BCUT2D eigenvalue weighted by atomic mass is 28.4. The van der Waals surface area contributed by atoms with Gasteiger partial charge in [-0.3, -0.25) is 0 Å². The van der Waals surface area contributed by atoms with Gasteiger partial charge in [-0.2, -0.15) is 0 Å². The van der Waals surface area contributed by atoms with Crippen LogP contribution in [-0.4, -0.2) is 39.2 Å². The van der Waals surface area contributed by atoms with Crippen molar-refractivity contribution in [2.75, 3.05) is 13.2 Å². The zero-order valence-corrected chi connectivity index (χ0v) is 14.9. The monoisotopic (exact) mass is 304 g/mol. The number of hydrogen-bond donors (Lipinski definition) is 1. The molecule has 1 saturated heterocycles. The highest BCUT2D eigenvalue weighted by Crippen LogP contribution is 2.36. The fraction of sp³-hybridized carbons (Fsp3) is 1.00. The van der Waals surface area contributed by atoms with Crippen molar-refractivity contribution in [1.82, 2.24) is 0 Å². The van der Waals surface area contributed by atoms with Crippen LogP contribution in [0.3, 0.4) is 0 Å². The normalized spacial score (nSPS) is 24.4. The van der Waals surface area contributed by atoms with Crippen LogP contribution in [0.5, 0.6) is 0 Å². The molecule has 20 heavy (non-hydrogen) atoms. The molecule has 4 nitrogen and oxygen atoms in total. The largest absolute Gasteiger partial charge is 0.416 e. The van der Waals surface area contributed by atoms with E-state index in [0.717, 1.165) is 25.9 Å². The first-order valence-corrected chi connectivity index (χ1v) is 10.6.